The summed E-state index contributed by atoms with van der Waals surface area (Å²) in [6.07, 6.45) is 3.72. The minimum atomic E-state index is -0.317. The van der Waals surface area contributed by atoms with Crippen molar-refractivity contribution in [2.45, 2.75) is 44.9 Å². The minimum absolute atomic E-state index is 0.0620. The second kappa shape index (κ2) is 9.06. The van der Waals surface area contributed by atoms with E-state index in [9.17, 15) is 14.0 Å². The summed E-state index contributed by atoms with van der Waals surface area (Å²) < 4.78 is 18.7. The van der Waals surface area contributed by atoms with Crippen molar-refractivity contribution in [1.82, 2.24) is 10.1 Å². The number of carbonyl (C=O) groups excluding carboxylic acids is 2. The second-order valence-corrected chi connectivity index (χ2v) is 9.17. The molecule has 1 saturated heterocycles. The smallest absolute Gasteiger partial charge is 0.223 e. The number of aromatic nitrogens is 1. The molecule has 0 atom stereocenters. The van der Waals surface area contributed by atoms with Gasteiger partial charge in [0.25, 0.3) is 0 Å². The van der Waals surface area contributed by atoms with Gasteiger partial charge in [0, 0.05) is 55.9 Å². The van der Waals surface area contributed by atoms with Gasteiger partial charge in [0.1, 0.15) is 11.6 Å². The lowest BCUT2D eigenvalue weighted by molar-refractivity contribution is -0.119. The van der Waals surface area contributed by atoms with Crippen molar-refractivity contribution in [3.63, 3.8) is 0 Å². The van der Waals surface area contributed by atoms with Crippen LogP contribution < -0.4 is 4.90 Å². The molecule has 172 valence electrons. The van der Waals surface area contributed by atoms with Crippen LogP contribution in [0.15, 0.2) is 40.9 Å². The zero-order valence-electron chi connectivity index (χ0n) is 18.8. The van der Waals surface area contributed by atoms with Crippen LogP contribution in [0, 0.1) is 5.82 Å². The van der Waals surface area contributed by atoms with E-state index in [2.05, 4.69) is 16.1 Å². The molecule has 0 aliphatic carbocycles. The van der Waals surface area contributed by atoms with Crippen molar-refractivity contribution in [3.05, 3.63) is 59.0 Å². The van der Waals surface area contributed by atoms with Crippen LogP contribution >= 0.6 is 0 Å². The van der Waals surface area contributed by atoms with Crippen molar-refractivity contribution in [3.8, 4) is 0 Å². The summed E-state index contributed by atoms with van der Waals surface area (Å²) >= 11 is 0. The Labute approximate surface area is 192 Å². The number of Topliss-reactive ketones (excluding diaryl/α,β-unsaturated/α-hetero) is 1. The fourth-order valence-electron chi connectivity index (χ4n) is 5.15. The summed E-state index contributed by atoms with van der Waals surface area (Å²) in [5, 5.41) is 5.10. The van der Waals surface area contributed by atoms with Crippen molar-refractivity contribution in [2.24, 2.45) is 0 Å². The van der Waals surface area contributed by atoms with Crippen molar-refractivity contribution >= 4 is 28.3 Å². The summed E-state index contributed by atoms with van der Waals surface area (Å²) in [7, 11) is 0. The van der Waals surface area contributed by atoms with Crippen LogP contribution in [0.5, 0.6) is 0 Å². The van der Waals surface area contributed by atoms with Gasteiger partial charge >= 0.3 is 0 Å². The summed E-state index contributed by atoms with van der Waals surface area (Å²) in [5.41, 5.74) is 4.57. The molecular weight excluding hydrogens is 421 g/mol. The highest BCUT2D eigenvalue weighted by molar-refractivity contribution is 5.94. The number of fused-ring (bicyclic) bond motifs is 2. The third-order valence-corrected chi connectivity index (χ3v) is 6.96. The van der Waals surface area contributed by atoms with E-state index in [-0.39, 0.29) is 17.5 Å². The van der Waals surface area contributed by atoms with Crippen molar-refractivity contribution in [2.75, 3.05) is 31.1 Å². The first-order valence-corrected chi connectivity index (χ1v) is 11.7. The Bertz CT molecular complexity index is 1200. The number of amides is 1. The molecule has 1 fully saturated rings. The van der Waals surface area contributed by atoms with Crippen LogP contribution in [0.4, 0.5) is 10.1 Å². The molecule has 0 saturated carbocycles. The Morgan fingerprint density at radius 2 is 1.94 bits per heavy atom. The third-order valence-electron chi connectivity index (χ3n) is 6.96. The molecule has 0 unspecified atom stereocenters. The highest BCUT2D eigenvalue weighted by atomic mass is 19.1. The van der Waals surface area contributed by atoms with E-state index in [0.717, 1.165) is 73.3 Å². The predicted molar refractivity (Wildman–Crippen MR) is 124 cm³/mol. The molecular formula is C26H28FN3O3. The molecule has 3 heterocycles. The molecule has 7 heteroatoms. The van der Waals surface area contributed by atoms with Crippen LogP contribution in [-0.4, -0.2) is 47.9 Å². The van der Waals surface area contributed by atoms with Gasteiger partial charge in [0.2, 0.25) is 5.91 Å². The van der Waals surface area contributed by atoms with E-state index >= 15 is 0 Å². The van der Waals surface area contributed by atoms with Gasteiger partial charge in [-0.3, -0.25) is 9.59 Å². The molecule has 6 nitrogen and oxygen atoms in total. The fourth-order valence-corrected chi connectivity index (χ4v) is 5.15. The first kappa shape index (κ1) is 21.8. The third kappa shape index (κ3) is 4.55. The fraction of sp³-hybridized carbons (Fsp3) is 0.423. The molecule has 1 aromatic heterocycles. The second-order valence-electron chi connectivity index (χ2n) is 9.17. The first-order chi connectivity index (χ1) is 16.0. The maximum Gasteiger partial charge on any atom is 0.223 e. The molecule has 2 aliphatic heterocycles. The SMILES string of the molecule is CC(=O)N1CCc2cc(CC(=O)CCN3CCC(c4noc5cc(F)ccc45)CC3)ccc21. The maximum absolute atomic E-state index is 13.4. The zero-order chi connectivity index (χ0) is 22.9. The molecule has 0 radical (unpaired) electrons. The Kier molecular flexibility index (Phi) is 5.98. The number of rotatable bonds is 6. The van der Waals surface area contributed by atoms with Crippen LogP contribution in [0.25, 0.3) is 11.0 Å². The minimum Gasteiger partial charge on any atom is -0.356 e. The summed E-state index contributed by atoms with van der Waals surface area (Å²) in [6, 6.07) is 10.6. The van der Waals surface area contributed by atoms with Crippen LogP contribution in [0.3, 0.4) is 0 Å². The monoisotopic (exact) mass is 449 g/mol. The highest BCUT2D eigenvalue weighted by Crippen LogP contribution is 2.33. The normalized spacial score (nSPS) is 17.0. The van der Waals surface area contributed by atoms with Crippen LogP contribution in [-0.2, 0) is 22.4 Å². The number of anilines is 1. The molecule has 3 aromatic rings. The zero-order valence-corrected chi connectivity index (χ0v) is 18.8. The molecule has 2 aliphatic rings. The number of hydrogen-bond acceptors (Lipinski definition) is 5. The Balaban J connectivity index is 1.11. The van der Waals surface area contributed by atoms with E-state index in [1.807, 2.05) is 12.1 Å². The molecule has 1 amide bonds. The lowest BCUT2D eigenvalue weighted by Crippen LogP contribution is -2.34. The summed E-state index contributed by atoms with van der Waals surface area (Å²) in [6.45, 7) is 4.89. The predicted octanol–water partition coefficient (Wildman–Crippen LogP) is 4.26. The van der Waals surface area contributed by atoms with Crippen molar-refractivity contribution in [1.29, 1.82) is 0 Å². The lowest BCUT2D eigenvalue weighted by atomic mass is 9.91. The quantitative estimate of drug-likeness (QED) is 0.563. The molecule has 0 spiro atoms. The van der Waals surface area contributed by atoms with Crippen LogP contribution in [0.2, 0.25) is 0 Å². The number of benzene rings is 2. The number of piperidine rings is 1. The van der Waals surface area contributed by atoms with Gasteiger partial charge in [-0.25, -0.2) is 4.39 Å². The van der Waals surface area contributed by atoms with E-state index in [1.165, 1.54) is 12.1 Å². The summed E-state index contributed by atoms with van der Waals surface area (Å²) in [5.74, 6) is 0.280. The number of halogens is 1. The maximum atomic E-state index is 13.4. The van der Waals surface area contributed by atoms with Gasteiger partial charge in [-0.05, 0) is 61.7 Å². The highest BCUT2D eigenvalue weighted by Gasteiger charge is 2.26. The average Bonchev–Trinajstić information content (AvgIpc) is 3.41. The topological polar surface area (TPSA) is 66.7 Å². The van der Waals surface area contributed by atoms with Gasteiger partial charge in [-0.2, -0.15) is 0 Å². The van der Waals surface area contributed by atoms with E-state index in [0.29, 0.717) is 24.3 Å². The van der Waals surface area contributed by atoms with E-state index in [4.69, 9.17) is 4.52 Å². The lowest BCUT2D eigenvalue weighted by Gasteiger charge is -2.30. The first-order valence-electron chi connectivity index (χ1n) is 11.7. The number of ketones is 1. The number of carbonyl (C=O) groups is 2. The van der Waals surface area contributed by atoms with Gasteiger partial charge in [-0.1, -0.05) is 17.3 Å². The van der Waals surface area contributed by atoms with Crippen LogP contribution in [0.1, 0.15) is 48.9 Å². The number of nitrogens with zero attached hydrogens (tertiary/aromatic N) is 3. The Morgan fingerprint density at radius 3 is 2.73 bits per heavy atom. The van der Waals surface area contributed by atoms with Crippen molar-refractivity contribution < 1.29 is 18.5 Å². The van der Waals surface area contributed by atoms with E-state index in [1.54, 1.807) is 17.9 Å². The molecule has 33 heavy (non-hydrogen) atoms. The Morgan fingerprint density at radius 1 is 1.12 bits per heavy atom. The van der Waals surface area contributed by atoms with Gasteiger partial charge in [-0.15, -0.1) is 0 Å². The average molecular weight is 450 g/mol. The number of likely N-dealkylation sites (tertiary alicyclic amines) is 1. The summed E-state index contributed by atoms with van der Waals surface area (Å²) in [4.78, 5) is 28.5. The standard InChI is InChI=1S/C26H28FN3O3/c1-17(31)30-13-8-20-14-18(2-5-24(20)30)15-22(32)9-12-29-10-6-19(7-11-29)26-23-4-3-21(27)16-25(23)33-28-26/h2-5,14,16,19H,6-13,15H2,1H3. The van der Waals surface area contributed by atoms with Gasteiger partial charge in [0.05, 0.1) is 5.69 Å². The number of hydrogen-bond donors (Lipinski definition) is 0. The molecule has 0 N–H and O–H groups in total. The molecule has 2 aromatic carbocycles. The van der Waals surface area contributed by atoms with E-state index < -0.39 is 0 Å². The molecule has 0 bridgehead atoms. The molecule has 5 rings (SSSR count). The largest absolute Gasteiger partial charge is 0.356 e. The van der Waals surface area contributed by atoms with Gasteiger partial charge < -0.3 is 14.3 Å². The van der Waals surface area contributed by atoms with Gasteiger partial charge in [0.15, 0.2) is 5.58 Å². The Hall–Kier alpha value is -3.06.